The lowest BCUT2D eigenvalue weighted by molar-refractivity contribution is 0.246. The van der Waals surface area contributed by atoms with Crippen LogP contribution in [0, 0.1) is 0 Å². The summed E-state index contributed by atoms with van der Waals surface area (Å²) in [7, 11) is 3.20. The van der Waals surface area contributed by atoms with Crippen molar-refractivity contribution < 1.29 is 18.7 Å². The Morgan fingerprint density at radius 1 is 1.23 bits per heavy atom. The van der Waals surface area contributed by atoms with E-state index in [1.54, 1.807) is 20.3 Å². The van der Waals surface area contributed by atoms with Crippen LogP contribution in [0.5, 0.6) is 17.2 Å². The fraction of sp³-hybridized carbons (Fsp3) is 0.438. The lowest BCUT2D eigenvalue weighted by atomic mass is 10.1. The Balaban J connectivity index is 1.62. The van der Waals surface area contributed by atoms with E-state index in [1.807, 2.05) is 18.2 Å². The van der Waals surface area contributed by atoms with Gasteiger partial charge in [0.25, 0.3) is 0 Å². The Bertz CT molecular complexity index is 620. The molecule has 2 aromatic rings. The molecule has 1 aliphatic rings. The molecule has 2 heterocycles. The van der Waals surface area contributed by atoms with Gasteiger partial charge in [-0.05, 0) is 31.5 Å². The average Bonchev–Trinajstić information content (AvgIpc) is 3.23. The Kier molecular flexibility index (Phi) is 4.48. The van der Waals surface area contributed by atoms with Crippen LogP contribution < -0.4 is 19.5 Å². The molecule has 0 aliphatic carbocycles. The number of rotatable bonds is 6. The lowest BCUT2D eigenvalue weighted by Crippen LogP contribution is -2.12. The monoisotopic (exact) mass is 304 g/mol. The number of nitrogens with one attached hydrogen (secondary N) is 1. The van der Waals surface area contributed by atoms with Gasteiger partial charge < -0.3 is 24.1 Å². The molecule has 0 radical (unpaired) electrons. The molecule has 118 valence electrons. The highest BCUT2D eigenvalue weighted by molar-refractivity contribution is 5.45. The van der Waals surface area contributed by atoms with Gasteiger partial charge in [-0.2, -0.15) is 0 Å². The molecule has 22 heavy (non-hydrogen) atoms. The van der Waals surface area contributed by atoms with Gasteiger partial charge in [0.05, 0.1) is 20.3 Å². The van der Waals surface area contributed by atoms with Gasteiger partial charge in [0.15, 0.2) is 17.3 Å². The number of aromatic nitrogens is 1. The van der Waals surface area contributed by atoms with Crippen LogP contribution in [0.4, 0.5) is 0 Å². The van der Waals surface area contributed by atoms with E-state index in [9.17, 15) is 0 Å². The number of ether oxygens (including phenoxy) is 3. The second-order valence-electron chi connectivity index (χ2n) is 5.17. The largest absolute Gasteiger partial charge is 0.493 e. The van der Waals surface area contributed by atoms with Gasteiger partial charge in [-0.3, -0.25) is 0 Å². The van der Waals surface area contributed by atoms with Gasteiger partial charge >= 0.3 is 0 Å². The molecule has 1 atom stereocenters. The molecule has 6 nitrogen and oxygen atoms in total. The van der Waals surface area contributed by atoms with Crippen LogP contribution in [0.15, 0.2) is 28.8 Å². The number of hydrogen-bond acceptors (Lipinski definition) is 6. The van der Waals surface area contributed by atoms with Crippen molar-refractivity contribution in [2.75, 3.05) is 20.8 Å². The van der Waals surface area contributed by atoms with Gasteiger partial charge in [-0.25, -0.2) is 0 Å². The number of hydrogen-bond donors (Lipinski definition) is 1. The average molecular weight is 304 g/mol. The minimum absolute atomic E-state index is 0.304. The Morgan fingerprint density at radius 2 is 2.09 bits per heavy atom. The minimum atomic E-state index is 0.304. The first-order valence-electron chi connectivity index (χ1n) is 7.34. The quantitative estimate of drug-likeness (QED) is 0.885. The van der Waals surface area contributed by atoms with Gasteiger partial charge in [-0.1, -0.05) is 5.16 Å². The summed E-state index contributed by atoms with van der Waals surface area (Å²) in [4.78, 5) is 0. The van der Waals surface area contributed by atoms with E-state index in [0.717, 1.165) is 18.7 Å². The van der Waals surface area contributed by atoms with Gasteiger partial charge in [0.1, 0.15) is 18.1 Å². The van der Waals surface area contributed by atoms with Crippen LogP contribution in [0.2, 0.25) is 0 Å². The van der Waals surface area contributed by atoms with Crippen molar-refractivity contribution in [1.82, 2.24) is 10.5 Å². The number of methoxy groups -OCH3 is 2. The Labute approximate surface area is 129 Å². The van der Waals surface area contributed by atoms with Gasteiger partial charge in [0.2, 0.25) is 0 Å². The number of nitrogens with zero attached hydrogens (tertiary/aromatic N) is 1. The third kappa shape index (κ3) is 3.17. The molecule has 0 bridgehead atoms. The third-order valence-corrected chi connectivity index (χ3v) is 3.73. The van der Waals surface area contributed by atoms with E-state index >= 15 is 0 Å². The predicted molar refractivity (Wildman–Crippen MR) is 80.4 cm³/mol. The zero-order valence-corrected chi connectivity index (χ0v) is 12.8. The summed E-state index contributed by atoms with van der Waals surface area (Å²) in [5.41, 5.74) is 0.948. The van der Waals surface area contributed by atoms with Gasteiger partial charge in [-0.15, -0.1) is 0 Å². The lowest BCUT2D eigenvalue weighted by Gasteiger charge is -2.09. The summed E-state index contributed by atoms with van der Waals surface area (Å²) < 4.78 is 21.5. The summed E-state index contributed by atoms with van der Waals surface area (Å²) in [6.07, 6.45) is 2.28. The highest BCUT2D eigenvalue weighted by atomic mass is 16.5. The van der Waals surface area contributed by atoms with Crippen molar-refractivity contribution in [3.8, 4) is 17.2 Å². The molecule has 0 amide bonds. The fourth-order valence-corrected chi connectivity index (χ4v) is 2.56. The molecule has 0 saturated carbocycles. The molecule has 1 aliphatic heterocycles. The minimum Gasteiger partial charge on any atom is -0.493 e. The fourth-order valence-electron chi connectivity index (χ4n) is 2.56. The molecule has 1 unspecified atom stereocenters. The van der Waals surface area contributed by atoms with E-state index in [-0.39, 0.29) is 0 Å². The van der Waals surface area contributed by atoms with Crippen LogP contribution in [-0.4, -0.2) is 25.9 Å². The van der Waals surface area contributed by atoms with Crippen LogP contribution in [0.25, 0.3) is 0 Å². The summed E-state index contributed by atoms with van der Waals surface area (Å²) in [6, 6.07) is 7.68. The Morgan fingerprint density at radius 3 is 2.82 bits per heavy atom. The maximum Gasteiger partial charge on any atom is 0.174 e. The van der Waals surface area contributed by atoms with Crippen molar-refractivity contribution in [1.29, 1.82) is 0 Å². The zero-order chi connectivity index (χ0) is 15.4. The van der Waals surface area contributed by atoms with E-state index in [0.29, 0.717) is 35.7 Å². The molecule has 1 aromatic heterocycles. The second-order valence-corrected chi connectivity index (χ2v) is 5.17. The SMILES string of the molecule is COc1ccc(OCc2cc(C3CCCN3)no2)cc1OC. The Hall–Kier alpha value is -2.21. The summed E-state index contributed by atoms with van der Waals surface area (Å²) in [5, 5.41) is 7.50. The molecule has 0 spiro atoms. The summed E-state index contributed by atoms with van der Waals surface area (Å²) >= 11 is 0. The highest BCUT2D eigenvalue weighted by Gasteiger charge is 2.20. The number of benzene rings is 1. The molecule has 1 fully saturated rings. The highest BCUT2D eigenvalue weighted by Crippen LogP contribution is 2.31. The summed E-state index contributed by atoms with van der Waals surface area (Å²) in [6.45, 7) is 1.37. The second kappa shape index (κ2) is 6.70. The molecular formula is C16H20N2O4. The van der Waals surface area contributed by atoms with Crippen LogP contribution in [-0.2, 0) is 6.61 Å². The molecule has 6 heteroatoms. The van der Waals surface area contributed by atoms with Crippen molar-refractivity contribution in [2.24, 2.45) is 0 Å². The van der Waals surface area contributed by atoms with Crippen LogP contribution in [0.3, 0.4) is 0 Å². The van der Waals surface area contributed by atoms with Crippen molar-refractivity contribution in [3.63, 3.8) is 0 Å². The smallest absolute Gasteiger partial charge is 0.174 e. The maximum atomic E-state index is 5.72. The standard InChI is InChI=1S/C16H20N2O4/c1-19-15-6-5-11(9-16(15)20-2)21-10-12-8-14(18-22-12)13-4-3-7-17-13/h5-6,8-9,13,17H,3-4,7,10H2,1-2H3. The zero-order valence-electron chi connectivity index (χ0n) is 12.8. The van der Waals surface area contributed by atoms with E-state index in [2.05, 4.69) is 10.5 Å². The topological polar surface area (TPSA) is 65.8 Å². The van der Waals surface area contributed by atoms with E-state index in [1.165, 1.54) is 6.42 Å². The maximum absolute atomic E-state index is 5.72. The van der Waals surface area contributed by atoms with Crippen molar-refractivity contribution >= 4 is 0 Å². The van der Waals surface area contributed by atoms with E-state index < -0.39 is 0 Å². The summed E-state index contributed by atoms with van der Waals surface area (Å²) in [5.74, 6) is 2.70. The predicted octanol–water partition coefficient (Wildman–Crippen LogP) is 2.70. The van der Waals surface area contributed by atoms with Gasteiger partial charge in [0, 0.05) is 12.1 Å². The molecular weight excluding hydrogens is 284 g/mol. The van der Waals surface area contributed by atoms with Crippen LogP contribution in [0.1, 0.15) is 30.3 Å². The first-order valence-corrected chi connectivity index (χ1v) is 7.34. The van der Waals surface area contributed by atoms with Crippen molar-refractivity contribution in [3.05, 3.63) is 35.7 Å². The molecule has 1 aromatic carbocycles. The van der Waals surface area contributed by atoms with E-state index in [4.69, 9.17) is 18.7 Å². The molecule has 1 N–H and O–H groups in total. The normalized spacial score (nSPS) is 17.5. The molecule has 1 saturated heterocycles. The third-order valence-electron chi connectivity index (χ3n) is 3.73. The van der Waals surface area contributed by atoms with Crippen LogP contribution >= 0.6 is 0 Å². The first kappa shape index (κ1) is 14.7. The first-order chi connectivity index (χ1) is 10.8. The van der Waals surface area contributed by atoms with Crippen molar-refractivity contribution in [2.45, 2.75) is 25.5 Å². The molecule has 3 rings (SSSR count).